The smallest absolute Gasteiger partial charge is 0.261 e. The average Bonchev–Trinajstić information content (AvgIpc) is 3.47. The van der Waals surface area contributed by atoms with Crippen molar-refractivity contribution in [1.82, 2.24) is 24.7 Å². The van der Waals surface area contributed by atoms with Gasteiger partial charge >= 0.3 is 0 Å². The first-order chi connectivity index (χ1) is 18.8. The number of nitrogens with zero attached hydrogens (tertiary/aromatic N) is 5. The Morgan fingerprint density at radius 3 is 2.44 bits per heavy atom. The van der Waals surface area contributed by atoms with Crippen LogP contribution in [0.15, 0.2) is 40.5 Å². The molecule has 2 aliphatic rings. The Morgan fingerprint density at radius 1 is 1.13 bits per heavy atom. The molecular formula is C31H46N6OS. The lowest BCUT2D eigenvalue weighted by Gasteiger charge is -2.46. The van der Waals surface area contributed by atoms with Gasteiger partial charge in [-0.15, -0.1) is 11.3 Å². The number of piperidine rings is 1. The molecule has 39 heavy (non-hydrogen) atoms. The van der Waals surface area contributed by atoms with Crippen LogP contribution in [0.1, 0.15) is 70.1 Å². The van der Waals surface area contributed by atoms with Gasteiger partial charge in [0, 0.05) is 55.4 Å². The Bertz CT molecular complexity index is 1300. The van der Waals surface area contributed by atoms with Gasteiger partial charge in [0.05, 0.1) is 22.5 Å². The molecule has 0 amide bonds. The van der Waals surface area contributed by atoms with Gasteiger partial charge in [0.2, 0.25) is 0 Å². The Kier molecular flexibility index (Phi) is 8.48. The zero-order valence-electron chi connectivity index (χ0n) is 24.6. The van der Waals surface area contributed by atoms with Crippen LogP contribution in [-0.4, -0.2) is 71.7 Å². The highest BCUT2D eigenvalue weighted by atomic mass is 32.1. The number of nitrogens with one attached hydrogen (secondary N) is 1. The Morgan fingerprint density at radius 2 is 1.85 bits per heavy atom. The van der Waals surface area contributed by atoms with Crippen molar-refractivity contribution in [2.45, 2.75) is 83.6 Å². The van der Waals surface area contributed by atoms with E-state index in [0.717, 1.165) is 74.3 Å². The lowest BCUT2D eigenvalue weighted by Crippen LogP contribution is -2.55. The van der Waals surface area contributed by atoms with E-state index < -0.39 is 0 Å². The summed E-state index contributed by atoms with van der Waals surface area (Å²) in [5.74, 6) is 0.926. The molecule has 0 radical (unpaired) electrons. The number of hydrogen-bond donors (Lipinski definition) is 1. The van der Waals surface area contributed by atoms with Gasteiger partial charge in [0.1, 0.15) is 5.82 Å². The second-order valence-corrected chi connectivity index (χ2v) is 12.8. The number of fused-ring (bicyclic) bond motifs is 1. The number of thiophene rings is 1. The number of piperazine rings is 1. The van der Waals surface area contributed by atoms with E-state index >= 15 is 0 Å². The predicted molar refractivity (Wildman–Crippen MR) is 164 cm³/mol. The highest BCUT2D eigenvalue weighted by Gasteiger charge is 2.39. The fourth-order valence-corrected chi connectivity index (χ4v) is 8.01. The third kappa shape index (κ3) is 5.41. The first kappa shape index (κ1) is 28.3. The molecule has 0 bridgehead atoms. The van der Waals surface area contributed by atoms with Crippen LogP contribution >= 0.6 is 11.3 Å². The standard InChI is InChI=1S/C31H46N6OS/c1-7-10-27(36-20-22(3)32-23(4)21-36)29-33-26-13-12-24(19-25(26)30(38)37(29)8-2)35-16-14-31(15-17-35,34(5)6)28-11-9-18-39-28/h9,11-13,18-19,22-23,27,32H,7-8,10,14-17,20-21H2,1-6H3/t22-,23+,27-/m1/s1. The largest absolute Gasteiger partial charge is 0.371 e. The third-order valence-corrected chi connectivity index (χ3v) is 10.0. The van der Waals surface area contributed by atoms with Crippen LogP contribution in [-0.2, 0) is 12.1 Å². The van der Waals surface area contributed by atoms with Crippen LogP contribution in [0.5, 0.6) is 0 Å². The van der Waals surface area contributed by atoms with Gasteiger partial charge in [0.25, 0.3) is 5.56 Å². The molecule has 212 valence electrons. The van der Waals surface area contributed by atoms with Gasteiger partial charge in [-0.05, 0) is 83.8 Å². The fraction of sp³-hybridized carbons (Fsp3) is 0.613. The molecule has 2 aliphatic heterocycles. The van der Waals surface area contributed by atoms with Gasteiger partial charge in [-0.1, -0.05) is 19.4 Å². The van der Waals surface area contributed by atoms with E-state index in [-0.39, 0.29) is 17.1 Å². The van der Waals surface area contributed by atoms with Crippen LogP contribution in [0.25, 0.3) is 10.9 Å². The maximum Gasteiger partial charge on any atom is 0.261 e. The average molecular weight is 551 g/mol. The van der Waals surface area contributed by atoms with Crippen molar-refractivity contribution in [2.75, 3.05) is 45.2 Å². The number of hydrogen-bond acceptors (Lipinski definition) is 7. The van der Waals surface area contributed by atoms with Crippen molar-refractivity contribution < 1.29 is 0 Å². The molecule has 1 aromatic carbocycles. The molecule has 0 spiro atoms. The van der Waals surface area contributed by atoms with Crippen molar-refractivity contribution >= 4 is 27.9 Å². The minimum atomic E-state index is 0.0835. The summed E-state index contributed by atoms with van der Waals surface area (Å²) in [7, 11) is 4.41. The summed E-state index contributed by atoms with van der Waals surface area (Å²) < 4.78 is 1.94. The molecule has 3 atom stereocenters. The van der Waals surface area contributed by atoms with Gasteiger partial charge in [-0.2, -0.15) is 0 Å². The number of anilines is 1. The normalized spacial score (nSPS) is 23.0. The Hall–Kier alpha value is -2.26. The zero-order valence-corrected chi connectivity index (χ0v) is 25.4. The van der Waals surface area contributed by atoms with Crippen LogP contribution in [0, 0.1) is 0 Å². The lowest BCUT2D eigenvalue weighted by molar-refractivity contribution is 0.109. The SMILES string of the molecule is CCC[C@H](c1nc2ccc(N3CCC(c4cccs4)(N(C)C)CC3)cc2c(=O)n1CC)N1C[C@@H](C)N[C@@H](C)C1. The van der Waals surface area contributed by atoms with E-state index in [1.165, 1.54) is 4.88 Å². The summed E-state index contributed by atoms with van der Waals surface area (Å²) in [4.78, 5) is 28.0. The Balaban J connectivity index is 1.46. The first-order valence-electron chi connectivity index (χ1n) is 14.8. The summed E-state index contributed by atoms with van der Waals surface area (Å²) in [6, 6.07) is 11.8. The maximum absolute atomic E-state index is 14.0. The van der Waals surface area contributed by atoms with Gasteiger partial charge in [0.15, 0.2) is 0 Å². The monoisotopic (exact) mass is 550 g/mol. The van der Waals surface area contributed by atoms with Crippen LogP contribution in [0.2, 0.25) is 0 Å². The molecule has 8 heteroatoms. The van der Waals surface area contributed by atoms with E-state index in [0.29, 0.717) is 18.6 Å². The molecule has 0 unspecified atom stereocenters. The predicted octanol–water partition coefficient (Wildman–Crippen LogP) is 5.06. The molecular weight excluding hydrogens is 504 g/mol. The minimum Gasteiger partial charge on any atom is -0.371 e. The quantitative estimate of drug-likeness (QED) is 0.423. The highest BCUT2D eigenvalue weighted by Crippen LogP contribution is 2.41. The van der Waals surface area contributed by atoms with Gasteiger partial charge in [-0.25, -0.2) is 4.98 Å². The van der Waals surface area contributed by atoms with E-state index in [1.54, 1.807) is 0 Å². The van der Waals surface area contributed by atoms with E-state index in [1.807, 2.05) is 15.9 Å². The summed E-state index contributed by atoms with van der Waals surface area (Å²) in [6.07, 6.45) is 4.19. The molecule has 2 aromatic heterocycles. The van der Waals surface area contributed by atoms with Crippen molar-refractivity contribution in [1.29, 1.82) is 0 Å². The van der Waals surface area contributed by atoms with Crippen LogP contribution < -0.4 is 15.8 Å². The van der Waals surface area contributed by atoms with E-state index in [9.17, 15) is 4.79 Å². The lowest BCUT2D eigenvalue weighted by atomic mass is 9.84. The second kappa shape index (κ2) is 11.7. The molecule has 1 N–H and O–H groups in total. The van der Waals surface area contributed by atoms with Crippen LogP contribution in [0.3, 0.4) is 0 Å². The molecule has 5 rings (SSSR count). The van der Waals surface area contributed by atoms with Crippen LogP contribution in [0.4, 0.5) is 5.69 Å². The third-order valence-electron chi connectivity index (χ3n) is 8.96. The molecule has 2 fully saturated rings. The van der Waals surface area contributed by atoms with Gasteiger partial charge in [-0.3, -0.25) is 19.2 Å². The van der Waals surface area contributed by atoms with Gasteiger partial charge < -0.3 is 10.2 Å². The molecule has 2 saturated heterocycles. The minimum absolute atomic E-state index is 0.0835. The molecule has 0 aliphatic carbocycles. The number of benzene rings is 1. The van der Waals surface area contributed by atoms with Crippen molar-refractivity contribution in [3.05, 3.63) is 56.8 Å². The molecule has 7 nitrogen and oxygen atoms in total. The topological polar surface area (TPSA) is 56.6 Å². The molecule has 4 heterocycles. The summed E-state index contributed by atoms with van der Waals surface area (Å²) in [6.45, 7) is 13.3. The molecule has 0 saturated carbocycles. The van der Waals surface area contributed by atoms with E-state index in [4.69, 9.17) is 4.98 Å². The summed E-state index contributed by atoms with van der Waals surface area (Å²) in [5, 5.41) is 6.57. The first-order valence-corrected chi connectivity index (χ1v) is 15.7. The summed E-state index contributed by atoms with van der Waals surface area (Å²) in [5.41, 5.74) is 2.12. The van der Waals surface area contributed by atoms with Crippen molar-refractivity contribution in [3.63, 3.8) is 0 Å². The number of aromatic nitrogens is 2. The summed E-state index contributed by atoms with van der Waals surface area (Å²) >= 11 is 1.86. The second-order valence-electron chi connectivity index (χ2n) is 11.8. The van der Waals surface area contributed by atoms with Crippen molar-refractivity contribution in [2.24, 2.45) is 0 Å². The maximum atomic E-state index is 14.0. The fourth-order valence-electron chi connectivity index (χ4n) is 6.95. The Labute approximate surface area is 237 Å². The van der Waals surface area contributed by atoms with E-state index in [2.05, 4.69) is 97.5 Å². The highest BCUT2D eigenvalue weighted by molar-refractivity contribution is 7.10. The molecule has 3 aromatic rings. The number of rotatable bonds is 8. The zero-order chi connectivity index (χ0) is 27.7. The van der Waals surface area contributed by atoms with Crippen molar-refractivity contribution in [3.8, 4) is 0 Å².